The highest BCUT2D eigenvalue weighted by atomic mass is 32.2. The number of nitrogens with one attached hydrogen (secondary N) is 1. The summed E-state index contributed by atoms with van der Waals surface area (Å²) in [7, 11) is -4.06. The Morgan fingerprint density at radius 2 is 2.03 bits per heavy atom. The third-order valence-electron chi connectivity index (χ3n) is 6.42. The fourth-order valence-corrected chi connectivity index (χ4v) is 5.74. The molecular weight excluding hydrogens is 467 g/mol. The lowest BCUT2D eigenvalue weighted by Crippen LogP contribution is -2.41. The van der Waals surface area contributed by atoms with Gasteiger partial charge in [0, 0.05) is 25.1 Å². The standard InChI is InChI=1S/C22H25FN4O6S/c1-14-8-16(33-24-14)11-27-20(28)18-9-17(34(30,31)25-22(13-23)5-6-22)2-3-19(18)26(21(27)29)10-15-4-7-32-12-15/h2-3,8-9,15,25H,4-7,10-13H2,1H3. The van der Waals surface area contributed by atoms with Crippen molar-refractivity contribution in [1.82, 2.24) is 19.0 Å². The quantitative estimate of drug-likeness (QED) is 0.503. The summed E-state index contributed by atoms with van der Waals surface area (Å²) in [4.78, 5) is 26.6. The molecule has 34 heavy (non-hydrogen) atoms. The number of benzene rings is 1. The Balaban J connectivity index is 1.64. The van der Waals surface area contributed by atoms with Crippen LogP contribution in [0.3, 0.4) is 0 Å². The smallest absolute Gasteiger partial charge is 0.331 e. The highest BCUT2D eigenvalue weighted by Crippen LogP contribution is 2.37. The zero-order valence-corrected chi connectivity index (χ0v) is 19.4. The predicted octanol–water partition coefficient (Wildman–Crippen LogP) is 1.32. The minimum absolute atomic E-state index is 0.0720. The highest BCUT2D eigenvalue weighted by Gasteiger charge is 2.46. The average Bonchev–Trinajstić information content (AvgIpc) is 3.17. The van der Waals surface area contributed by atoms with Gasteiger partial charge in [-0.15, -0.1) is 0 Å². The van der Waals surface area contributed by atoms with Crippen molar-refractivity contribution in [2.24, 2.45) is 5.92 Å². The van der Waals surface area contributed by atoms with E-state index in [-0.39, 0.29) is 22.7 Å². The topological polar surface area (TPSA) is 125 Å². The highest BCUT2D eigenvalue weighted by molar-refractivity contribution is 7.89. The Bertz CT molecular complexity index is 1460. The van der Waals surface area contributed by atoms with Crippen LogP contribution in [0.15, 0.2) is 43.3 Å². The summed E-state index contributed by atoms with van der Waals surface area (Å²) in [6.07, 6.45) is 1.61. The monoisotopic (exact) mass is 492 g/mol. The summed E-state index contributed by atoms with van der Waals surface area (Å²) in [5.41, 5.74) is -1.30. The van der Waals surface area contributed by atoms with E-state index >= 15 is 0 Å². The number of aryl methyl sites for hydroxylation is 1. The van der Waals surface area contributed by atoms with Gasteiger partial charge in [0.2, 0.25) is 10.0 Å². The van der Waals surface area contributed by atoms with Crippen molar-refractivity contribution < 1.29 is 22.1 Å². The van der Waals surface area contributed by atoms with E-state index in [2.05, 4.69) is 9.88 Å². The fourth-order valence-electron chi connectivity index (χ4n) is 4.28. The second kappa shape index (κ2) is 8.43. The van der Waals surface area contributed by atoms with E-state index in [0.29, 0.717) is 49.6 Å². The Hall–Kier alpha value is -2.83. The Kier molecular flexibility index (Phi) is 5.69. The molecule has 1 aliphatic heterocycles. The average molecular weight is 493 g/mol. The lowest BCUT2D eigenvalue weighted by molar-refractivity contribution is 0.182. The molecule has 1 atom stereocenters. The van der Waals surface area contributed by atoms with Crippen LogP contribution in [0.1, 0.15) is 30.7 Å². The van der Waals surface area contributed by atoms with Gasteiger partial charge in [-0.05, 0) is 44.4 Å². The molecule has 1 N–H and O–H groups in total. The maximum atomic E-state index is 13.4. The molecule has 12 heteroatoms. The number of sulfonamides is 1. The van der Waals surface area contributed by atoms with Crippen LogP contribution in [0.4, 0.5) is 4.39 Å². The molecule has 1 saturated carbocycles. The van der Waals surface area contributed by atoms with Crippen molar-refractivity contribution in [2.75, 3.05) is 19.9 Å². The third-order valence-corrected chi connectivity index (χ3v) is 8.00. The largest absolute Gasteiger partial charge is 0.381 e. The van der Waals surface area contributed by atoms with Gasteiger partial charge in [-0.1, -0.05) is 5.16 Å². The second-order valence-corrected chi connectivity index (χ2v) is 10.8. The Labute approximate surface area is 194 Å². The van der Waals surface area contributed by atoms with Crippen LogP contribution in [-0.4, -0.2) is 48.1 Å². The first-order valence-electron chi connectivity index (χ1n) is 11.1. The summed E-state index contributed by atoms with van der Waals surface area (Å²) in [6, 6.07) is 5.67. The van der Waals surface area contributed by atoms with Crippen LogP contribution in [0.25, 0.3) is 10.9 Å². The van der Waals surface area contributed by atoms with E-state index in [9.17, 15) is 22.4 Å². The minimum atomic E-state index is -4.06. The number of alkyl halides is 1. The van der Waals surface area contributed by atoms with Crippen LogP contribution in [0.5, 0.6) is 0 Å². The predicted molar refractivity (Wildman–Crippen MR) is 120 cm³/mol. The molecule has 3 aromatic rings. The number of hydrogen-bond acceptors (Lipinski definition) is 7. The normalized spacial score (nSPS) is 19.6. The zero-order chi connectivity index (χ0) is 24.1. The third kappa shape index (κ3) is 4.21. The van der Waals surface area contributed by atoms with Gasteiger partial charge in [-0.25, -0.2) is 22.3 Å². The molecule has 3 heterocycles. The fraction of sp³-hybridized carbons (Fsp3) is 0.500. The van der Waals surface area contributed by atoms with E-state index in [1.165, 1.54) is 22.8 Å². The summed E-state index contributed by atoms with van der Waals surface area (Å²) >= 11 is 0. The lowest BCUT2D eigenvalue weighted by atomic mass is 10.1. The van der Waals surface area contributed by atoms with Crippen LogP contribution < -0.4 is 16.0 Å². The Morgan fingerprint density at radius 3 is 2.65 bits per heavy atom. The van der Waals surface area contributed by atoms with E-state index in [1.807, 2.05) is 0 Å². The van der Waals surface area contributed by atoms with Crippen LogP contribution >= 0.6 is 0 Å². The number of nitrogens with zero attached hydrogens (tertiary/aromatic N) is 3. The van der Waals surface area contributed by atoms with Gasteiger partial charge < -0.3 is 9.26 Å². The van der Waals surface area contributed by atoms with Gasteiger partial charge in [0.15, 0.2) is 5.76 Å². The lowest BCUT2D eigenvalue weighted by Gasteiger charge is -2.18. The molecule has 0 radical (unpaired) electrons. The van der Waals surface area contributed by atoms with Gasteiger partial charge in [-0.3, -0.25) is 13.9 Å². The van der Waals surface area contributed by atoms with Gasteiger partial charge >= 0.3 is 5.69 Å². The molecule has 5 rings (SSSR count). The molecule has 1 saturated heterocycles. The van der Waals surface area contributed by atoms with Crippen LogP contribution in [-0.2, 0) is 27.8 Å². The first-order chi connectivity index (χ1) is 16.2. The van der Waals surface area contributed by atoms with Gasteiger partial charge in [0.25, 0.3) is 5.56 Å². The molecule has 1 aliphatic carbocycles. The van der Waals surface area contributed by atoms with Gasteiger partial charge in [0.05, 0.1) is 40.2 Å². The summed E-state index contributed by atoms with van der Waals surface area (Å²) < 4.78 is 54.7. The number of ether oxygens (including phenoxy) is 1. The number of aromatic nitrogens is 3. The van der Waals surface area contributed by atoms with Gasteiger partial charge in [-0.2, -0.15) is 0 Å². The SMILES string of the molecule is Cc1cc(Cn2c(=O)c3cc(S(=O)(=O)NC4(CF)CC4)ccc3n(CC3CCOC3)c2=O)on1. The molecule has 2 aliphatic rings. The van der Waals surface area contributed by atoms with E-state index in [1.54, 1.807) is 13.0 Å². The molecular formula is C22H25FN4O6S. The molecule has 2 fully saturated rings. The molecule has 1 unspecified atom stereocenters. The maximum absolute atomic E-state index is 13.4. The number of halogens is 1. The minimum Gasteiger partial charge on any atom is -0.381 e. The van der Waals surface area contributed by atoms with Crippen molar-refractivity contribution in [2.45, 2.75) is 49.7 Å². The number of fused-ring (bicyclic) bond motifs is 1. The van der Waals surface area contributed by atoms with E-state index < -0.39 is 33.5 Å². The molecule has 1 aromatic carbocycles. The van der Waals surface area contributed by atoms with Gasteiger partial charge in [0.1, 0.15) is 6.67 Å². The van der Waals surface area contributed by atoms with Crippen LogP contribution in [0.2, 0.25) is 0 Å². The van der Waals surface area contributed by atoms with Crippen molar-refractivity contribution >= 4 is 20.9 Å². The van der Waals surface area contributed by atoms with E-state index in [0.717, 1.165) is 11.0 Å². The first kappa shape index (κ1) is 22.9. The van der Waals surface area contributed by atoms with Crippen molar-refractivity contribution in [3.8, 4) is 0 Å². The zero-order valence-electron chi connectivity index (χ0n) is 18.6. The molecule has 0 spiro atoms. The first-order valence-corrected chi connectivity index (χ1v) is 12.6. The number of hydrogen-bond donors (Lipinski definition) is 1. The molecule has 0 bridgehead atoms. The molecule has 182 valence electrons. The summed E-state index contributed by atoms with van der Waals surface area (Å²) in [5.74, 6) is 0.416. The second-order valence-electron chi connectivity index (χ2n) is 9.15. The summed E-state index contributed by atoms with van der Waals surface area (Å²) in [6.45, 7) is 2.19. The number of rotatable bonds is 8. The Morgan fingerprint density at radius 1 is 1.24 bits per heavy atom. The molecule has 10 nitrogen and oxygen atoms in total. The van der Waals surface area contributed by atoms with E-state index in [4.69, 9.17) is 9.26 Å². The molecule has 2 aromatic heterocycles. The van der Waals surface area contributed by atoms with Crippen molar-refractivity contribution in [3.63, 3.8) is 0 Å². The maximum Gasteiger partial charge on any atom is 0.331 e. The van der Waals surface area contributed by atoms with Crippen molar-refractivity contribution in [1.29, 1.82) is 0 Å². The van der Waals surface area contributed by atoms with Crippen LogP contribution in [0, 0.1) is 12.8 Å². The molecule has 0 amide bonds. The van der Waals surface area contributed by atoms with Crippen molar-refractivity contribution in [3.05, 3.63) is 56.6 Å². The summed E-state index contributed by atoms with van der Waals surface area (Å²) in [5, 5.41) is 3.87.